The Balaban J connectivity index is 1.79. The Labute approximate surface area is 122 Å². The molecule has 7 heteroatoms. The number of carbonyl (C=O) groups is 1. The van der Waals surface area contributed by atoms with Crippen LogP contribution in [0.1, 0.15) is 42.7 Å². The van der Waals surface area contributed by atoms with Gasteiger partial charge >= 0.3 is 0 Å². The molecule has 1 heterocycles. The average Bonchev–Trinajstić information content (AvgIpc) is 3.26. The van der Waals surface area contributed by atoms with E-state index in [2.05, 4.69) is 12.2 Å². The van der Waals surface area contributed by atoms with E-state index in [1.54, 1.807) is 4.57 Å². The second kappa shape index (κ2) is 4.77. The van der Waals surface area contributed by atoms with Crippen LogP contribution in [0.3, 0.4) is 0 Å². The lowest BCUT2D eigenvalue weighted by atomic mass is 10.3. The largest absolute Gasteiger partial charge is 0.350 e. The molecule has 1 aromatic rings. The summed E-state index contributed by atoms with van der Waals surface area (Å²) in [6, 6.07) is 1.59. The number of hydrogen-bond acceptors (Lipinski definition) is 3. The van der Waals surface area contributed by atoms with Crippen LogP contribution in [0.25, 0.3) is 0 Å². The summed E-state index contributed by atoms with van der Waals surface area (Å²) in [6.07, 6.45) is 4.55. The number of rotatable bonds is 5. The minimum absolute atomic E-state index is 0.00370. The third-order valence-electron chi connectivity index (χ3n) is 4.08. The van der Waals surface area contributed by atoms with Gasteiger partial charge < -0.3 is 9.88 Å². The first-order valence-corrected chi connectivity index (χ1v) is 9.12. The molecule has 0 radical (unpaired) electrons. The van der Waals surface area contributed by atoms with E-state index in [0.29, 0.717) is 24.1 Å². The first-order valence-electron chi connectivity index (χ1n) is 6.81. The molecule has 0 aromatic carbocycles. The van der Waals surface area contributed by atoms with Crippen molar-refractivity contribution in [3.05, 3.63) is 18.0 Å². The molecule has 0 saturated heterocycles. The molecule has 0 bridgehead atoms. The van der Waals surface area contributed by atoms with Gasteiger partial charge in [-0.3, -0.25) is 4.79 Å². The summed E-state index contributed by atoms with van der Waals surface area (Å²) in [5, 5.41) is 2.88. The highest BCUT2D eigenvalue weighted by Crippen LogP contribution is 2.38. The van der Waals surface area contributed by atoms with E-state index in [1.807, 2.05) is 0 Å². The van der Waals surface area contributed by atoms with Gasteiger partial charge in [-0.25, -0.2) is 8.42 Å². The summed E-state index contributed by atoms with van der Waals surface area (Å²) in [4.78, 5) is 12.2. The van der Waals surface area contributed by atoms with Gasteiger partial charge in [0.2, 0.25) is 0 Å². The zero-order valence-electron chi connectivity index (χ0n) is 11.2. The van der Waals surface area contributed by atoms with E-state index in [0.717, 1.165) is 19.3 Å². The normalized spacial score (nSPS) is 25.5. The summed E-state index contributed by atoms with van der Waals surface area (Å²) >= 11 is 0. The maximum absolute atomic E-state index is 12.2. The van der Waals surface area contributed by atoms with Crippen molar-refractivity contribution in [3.63, 3.8) is 0 Å². The van der Waals surface area contributed by atoms with Crippen LogP contribution in [0.2, 0.25) is 0 Å². The highest BCUT2D eigenvalue weighted by molar-refractivity contribution is 8.13. The fourth-order valence-electron chi connectivity index (χ4n) is 2.42. The number of nitrogens with zero attached hydrogens (tertiary/aromatic N) is 1. The third kappa shape index (κ3) is 2.86. The Morgan fingerprint density at radius 3 is 2.65 bits per heavy atom. The van der Waals surface area contributed by atoms with Crippen molar-refractivity contribution in [2.24, 2.45) is 11.8 Å². The number of amides is 1. The molecule has 3 rings (SSSR count). The molecule has 1 aromatic heterocycles. The molecular formula is C13H17ClN2O3S. The van der Waals surface area contributed by atoms with Gasteiger partial charge in [-0.05, 0) is 37.2 Å². The van der Waals surface area contributed by atoms with Crippen molar-refractivity contribution < 1.29 is 13.2 Å². The summed E-state index contributed by atoms with van der Waals surface area (Å²) in [5.41, 5.74) is 0.389. The van der Waals surface area contributed by atoms with E-state index in [9.17, 15) is 13.2 Å². The van der Waals surface area contributed by atoms with Crippen molar-refractivity contribution in [2.75, 3.05) is 6.54 Å². The van der Waals surface area contributed by atoms with Crippen molar-refractivity contribution in [2.45, 2.75) is 37.1 Å². The van der Waals surface area contributed by atoms with Crippen LogP contribution in [0, 0.1) is 11.8 Å². The Bertz CT molecular complexity index is 649. The molecule has 110 valence electrons. The van der Waals surface area contributed by atoms with Crippen molar-refractivity contribution in [1.29, 1.82) is 0 Å². The van der Waals surface area contributed by atoms with Crippen LogP contribution in [0.5, 0.6) is 0 Å². The Hall–Kier alpha value is -1.01. The summed E-state index contributed by atoms with van der Waals surface area (Å²) in [5.74, 6) is 1.01. The van der Waals surface area contributed by atoms with Crippen LogP contribution in [-0.4, -0.2) is 25.4 Å². The predicted molar refractivity (Wildman–Crippen MR) is 75.3 cm³/mol. The summed E-state index contributed by atoms with van der Waals surface area (Å²) < 4.78 is 24.5. The first-order chi connectivity index (χ1) is 9.36. The fraction of sp³-hybridized carbons (Fsp3) is 0.615. The van der Waals surface area contributed by atoms with Crippen LogP contribution in [-0.2, 0) is 9.05 Å². The maximum atomic E-state index is 12.2. The summed E-state index contributed by atoms with van der Waals surface area (Å²) in [6.45, 7) is 2.81. The van der Waals surface area contributed by atoms with Crippen LogP contribution < -0.4 is 5.32 Å². The van der Waals surface area contributed by atoms with Gasteiger partial charge in [0.1, 0.15) is 10.6 Å². The van der Waals surface area contributed by atoms with Gasteiger partial charge in [0, 0.05) is 29.5 Å². The highest BCUT2D eigenvalue weighted by atomic mass is 35.7. The molecule has 0 spiro atoms. The van der Waals surface area contributed by atoms with E-state index < -0.39 is 9.05 Å². The molecule has 20 heavy (non-hydrogen) atoms. The average molecular weight is 317 g/mol. The maximum Gasteiger partial charge on any atom is 0.267 e. The Morgan fingerprint density at radius 1 is 1.50 bits per heavy atom. The second-order valence-electron chi connectivity index (χ2n) is 5.82. The Kier molecular flexibility index (Phi) is 3.33. The molecule has 2 aliphatic carbocycles. The second-order valence-corrected chi connectivity index (χ2v) is 8.39. The molecule has 2 unspecified atom stereocenters. The molecule has 2 atom stereocenters. The monoisotopic (exact) mass is 316 g/mol. The molecule has 0 aliphatic heterocycles. The number of aromatic nitrogens is 1. The number of hydrogen-bond donors (Lipinski definition) is 1. The smallest absolute Gasteiger partial charge is 0.267 e. The van der Waals surface area contributed by atoms with Gasteiger partial charge in [-0.2, -0.15) is 0 Å². The molecule has 2 saturated carbocycles. The Morgan fingerprint density at radius 2 is 2.15 bits per heavy atom. The number of halogens is 1. The van der Waals surface area contributed by atoms with Gasteiger partial charge in [0.25, 0.3) is 15.0 Å². The third-order valence-corrected chi connectivity index (χ3v) is 5.40. The zero-order valence-corrected chi connectivity index (χ0v) is 12.7. The van der Waals surface area contributed by atoms with Crippen LogP contribution in [0.4, 0.5) is 0 Å². The highest BCUT2D eigenvalue weighted by Gasteiger charge is 2.34. The zero-order chi connectivity index (χ0) is 14.5. The SMILES string of the molecule is CC1CC1CNC(=O)c1cc(S(=O)(=O)Cl)cn1C1CC1. The molecule has 2 fully saturated rings. The van der Waals surface area contributed by atoms with E-state index in [4.69, 9.17) is 10.7 Å². The number of carbonyl (C=O) groups excluding carboxylic acids is 1. The summed E-state index contributed by atoms with van der Waals surface area (Å²) in [7, 11) is 1.56. The van der Waals surface area contributed by atoms with Crippen molar-refractivity contribution >= 4 is 25.6 Å². The number of nitrogens with one attached hydrogen (secondary N) is 1. The topological polar surface area (TPSA) is 68.2 Å². The standard InChI is InChI=1S/C13H17ClN2O3S/c1-8-4-9(8)6-15-13(17)12-5-11(20(14,18)19)7-16(12)10-2-3-10/h5,7-10H,2-4,6H2,1H3,(H,15,17). The molecular weight excluding hydrogens is 300 g/mol. The van der Waals surface area contributed by atoms with Crippen molar-refractivity contribution in [1.82, 2.24) is 9.88 Å². The minimum atomic E-state index is -3.80. The lowest BCUT2D eigenvalue weighted by molar-refractivity contribution is 0.0942. The van der Waals surface area contributed by atoms with E-state index in [-0.39, 0.29) is 16.8 Å². The first kappa shape index (κ1) is 13.9. The predicted octanol–water partition coefficient (Wildman–Crippen LogP) is 2.14. The van der Waals surface area contributed by atoms with Gasteiger partial charge in [0.15, 0.2) is 0 Å². The van der Waals surface area contributed by atoms with Gasteiger partial charge in [-0.1, -0.05) is 6.92 Å². The molecule has 1 amide bonds. The fourth-order valence-corrected chi connectivity index (χ4v) is 3.17. The van der Waals surface area contributed by atoms with Crippen LogP contribution in [0.15, 0.2) is 17.2 Å². The lowest BCUT2D eigenvalue weighted by Crippen LogP contribution is -2.27. The minimum Gasteiger partial charge on any atom is -0.350 e. The molecule has 2 aliphatic rings. The lowest BCUT2D eigenvalue weighted by Gasteiger charge is -2.08. The van der Waals surface area contributed by atoms with Crippen molar-refractivity contribution in [3.8, 4) is 0 Å². The van der Waals surface area contributed by atoms with E-state index >= 15 is 0 Å². The van der Waals surface area contributed by atoms with Gasteiger partial charge in [-0.15, -0.1) is 0 Å². The van der Waals surface area contributed by atoms with Crippen LogP contribution >= 0.6 is 10.7 Å². The quantitative estimate of drug-likeness (QED) is 0.846. The molecule has 1 N–H and O–H groups in total. The van der Waals surface area contributed by atoms with Gasteiger partial charge in [0.05, 0.1) is 0 Å². The molecule has 5 nitrogen and oxygen atoms in total. The van der Waals surface area contributed by atoms with E-state index in [1.165, 1.54) is 12.3 Å².